The second-order valence-corrected chi connectivity index (χ2v) is 7.31. The third-order valence-corrected chi connectivity index (χ3v) is 5.20. The van der Waals surface area contributed by atoms with Crippen molar-refractivity contribution in [3.63, 3.8) is 0 Å². The maximum atomic E-state index is 13.0. The summed E-state index contributed by atoms with van der Waals surface area (Å²) in [7, 11) is 1.61. The largest absolute Gasteiger partial charge is 0.497 e. The number of aromatic nitrogens is 1. The molecule has 8 heteroatoms. The van der Waals surface area contributed by atoms with E-state index in [1.54, 1.807) is 13.3 Å². The number of rotatable bonds is 5. The van der Waals surface area contributed by atoms with Crippen LogP contribution in [-0.2, 0) is 14.3 Å². The van der Waals surface area contributed by atoms with Crippen molar-refractivity contribution in [3.8, 4) is 5.75 Å². The van der Waals surface area contributed by atoms with Crippen LogP contribution in [0, 0.1) is 6.92 Å². The van der Waals surface area contributed by atoms with Crippen LogP contribution in [0.3, 0.4) is 0 Å². The van der Waals surface area contributed by atoms with Gasteiger partial charge in [-0.2, -0.15) is 10.1 Å². The molecule has 1 amide bonds. The van der Waals surface area contributed by atoms with E-state index in [4.69, 9.17) is 14.2 Å². The monoisotopic (exact) mass is 409 g/mol. The van der Waals surface area contributed by atoms with Gasteiger partial charge in [-0.05, 0) is 54.4 Å². The van der Waals surface area contributed by atoms with Gasteiger partial charge in [0, 0.05) is 0 Å². The molecule has 148 valence electrons. The minimum atomic E-state index is -0.440. The molecule has 4 rings (SSSR count). The first-order chi connectivity index (χ1) is 14.1. The van der Waals surface area contributed by atoms with Crippen LogP contribution in [-0.4, -0.2) is 37.4 Å². The summed E-state index contributed by atoms with van der Waals surface area (Å²) in [5.74, 6) is 0.401. The Morgan fingerprint density at radius 2 is 2.07 bits per heavy atom. The summed E-state index contributed by atoms with van der Waals surface area (Å²) in [6.45, 7) is 2.74. The van der Waals surface area contributed by atoms with Gasteiger partial charge in [0.25, 0.3) is 0 Å². The Morgan fingerprint density at radius 3 is 2.79 bits per heavy atom. The summed E-state index contributed by atoms with van der Waals surface area (Å²) in [6, 6.07) is 13.3. The smallest absolute Gasteiger partial charge is 0.319 e. The fourth-order valence-electron chi connectivity index (χ4n) is 2.70. The molecule has 2 heterocycles. The summed E-state index contributed by atoms with van der Waals surface area (Å²) in [5.41, 5.74) is 2.75. The zero-order valence-corrected chi connectivity index (χ0v) is 16.8. The van der Waals surface area contributed by atoms with Crippen molar-refractivity contribution in [2.24, 2.45) is 5.10 Å². The van der Waals surface area contributed by atoms with Gasteiger partial charge >= 0.3 is 5.91 Å². The number of hydrogen-bond acceptors (Lipinski definition) is 7. The van der Waals surface area contributed by atoms with E-state index in [0.717, 1.165) is 27.1 Å². The number of hydrazone groups is 1. The van der Waals surface area contributed by atoms with Gasteiger partial charge in [0.05, 0.1) is 23.5 Å². The zero-order valence-electron chi connectivity index (χ0n) is 16.0. The van der Waals surface area contributed by atoms with Crippen molar-refractivity contribution in [2.75, 3.05) is 25.3 Å². The molecule has 0 aliphatic carbocycles. The van der Waals surface area contributed by atoms with E-state index in [0.29, 0.717) is 18.3 Å². The van der Waals surface area contributed by atoms with Gasteiger partial charge in [-0.15, -0.1) is 0 Å². The van der Waals surface area contributed by atoms with Gasteiger partial charge in [0.2, 0.25) is 10.9 Å². The van der Waals surface area contributed by atoms with Gasteiger partial charge in [-0.1, -0.05) is 17.4 Å². The molecule has 3 aromatic rings. The van der Waals surface area contributed by atoms with Crippen molar-refractivity contribution >= 4 is 38.8 Å². The van der Waals surface area contributed by atoms with Crippen LogP contribution in [0.1, 0.15) is 11.1 Å². The van der Waals surface area contributed by atoms with Crippen LogP contribution >= 0.6 is 11.3 Å². The first kappa shape index (κ1) is 18.9. The molecule has 0 spiro atoms. The van der Waals surface area contributed by atoms with E-state index >= 15 is 0 Å². The number of benzene rings is 2. The van der Waals surface area contributed by atoms with Gasteiger partial charge in [0.1, 0.15) is 25.2 Å². The summed E-state index contributed by atoms with van der Waals surface area (Å²) in [5, 5.41) is 6.10. The number of methoxy groups -OCH3 is 1. The lowest BCUT2D eigenvalue weighted by atomic mass is 10.2. The predicted molar refractivity (Wildman–Crippen MR) is 112 cm³/mol. The molecular formula is C21H19N3O4S. The van der Waals surface area contributed by atoms with Crippen LogP contribution in [0.15, 0.2) is 59.6 Å². The van der Waals surface area contributed by atoms with Gasteiger partial charge in [-0.25, -0.2) is 4.98 Å². The topological polar surface area (TPSA) is 73.2 Å². The first-order valence-electron chi connectivity index (χ1n) is 8.98. The highest BCUT2D eigenvalue weighted by atomic mass is 32.1. The Kier molecular flexibility index (Phi) is 5.44. The number of carbonyl (C=O) groups excluding carboxylic acids is 1. The van der Waals surface area contributed by atoms with Crippen LogP contribution in [0.25, 0.3) is 10.2 Å². The van der Waals surface area contributed by atoms with E-state index in [1.165, 1.54) is 22.6 Å². The molecule has 7 nitrogen and oxygen atoms in total. The lowest BCUT2D eigenvalue weighted by Crippen LogP contribution is -2.30. The van der Waals surface area contributed by atoms with Crippen LogP contribution in [0.5, 0.6) is 5.75 Å². The number of anilines is 1. The summed E-state index contributed by atoms with van der Waals surface area (Å²) >= 11 is 1.39. The molecule has 0 unspecified atom stereocenters. The maximum Gasteiger partial charge on any atom is 0.319 e. The molecule has 29 heavy (non-hydrogen) atoms. The molecule has 1 aliphatic heterocycles. The van der Waals surface area contributed by atoms with Crippen LogP contribution in [0.2, 0.25) is 0 Å². The first-order valence-corrected chi connectivity index (χ1v) is 9.80. The molecule has 0 saturated heterocycles. The highest BCUT2D eigenvalue weighted by Gasteiger charge is 2.26. The second-order valence-electron chi connectivity index (χ2n) is 6.30. The third kappa shape index (κ3) is 4.22. The number of amides is 1. The van der Waals surface area contributed by atoms with Crippen molar-refractivity contribution in [2.45, 2.75) is 6.92 Å². The van der Waals surface area contributed by atoms with Crippen molar-refractivity contribution in [1.29, 1.82) is 0 Å². The number of aryl methyl sites for hydroxylation is 1. The zero-order chi connectivity index (χ0) is 20.2. The molecule has 0 bridgehead atoms. The quantitative estimate of drug-likeness (QED) is 0.472. The Bertz CT molecular complexity index is 1090. The van der Waals surface area contributed by atoms with Crippen molar-refractivity contribution in [1.82, 2.24) is 4.98 Å². The molecule has 1 aliphatic rings. The number of fused-ring (bicyclic) bond motifs is 1. The number of nitrogens with zero attached hydrogens (tertiary/aromatic N) is 3. The minimum Gasteiger partial charge on any atom is -0.497 e. The molecule has 0 fully saturated rings. The number of ether oxygens (including phenoxy) is 3. The number of thiazole rings is 1. The highest BCUT2D eigenvalue weighted by molar-refractivity contribution is 7.22. The second kappa shape index (κ2) is 8.32. The lowest BCUT2D eigenvalue weighted by Gasteiger charge is -2.19. The molecule has 2 aromatic carbocycles. The molecular weight excluding hydrogens is 390 g/mol. The van der Waals surface area contributed by atoms with Crippen molar-refractivity contribution < 1.29 is 19.0 Å². The van der Waals surface area contributed by atoms with E-state index in [1.807, 2.05) is 49.4 Å². The van der Waals surface area contributed by atoms with Gasteiger partial charge in [0.15, 0.2) is 0 Å². The highest BCUT2D eigenvalue weighted by Crippen LogP contribution is 2.31. The number of hydrogen-bond donors (Lipinski definition) is 0. The normalized spacial score (nSPS) is 13.7. The summed E-state index contributed by atoms with van der Waals surface area (Å²) < 4.78 is 16.8. The molecule has 0 saturated carbocycles. The minimum absolute atomic E-state index is 0.0959. The Labute approximate surface area is 171 Å². The lowest BCUT2D eigenvalue weighted by molar-refractivity contribution is -0.119. The van der Waals surface area contributed by atoms with Crippen LogP contribution in [0.4, 0.5) is 5.13 Å². The van der Waals surface area contributed by atoms with Gasteiger partial charge < -0.3 is 14.2 Å². The van der Waals surface area contributed by atoms with Gasteiger partial charge in [-0.3, -0.25) is 4.79 Å². The molecule has 0 atom stereocenters. The number of carbonyl (C=O) groups is 1. The van der Waals surface area contributed by atoms with Crippen molar-refractivity contribution in [3.05, 3.63) is 65.6 Å². The fraction of sp³-hybridized carbons (Fsp3) is 0.190. The molecule has 0 N–H and O–H groups in total. The fourth-order valence-corrected chi connectivity index (χ4v) is 3.72. The maximum absolute atomic E-state index is 13.0. The predicted octanol–water partition coefficient (Wildman–Crippen LogP) is 3.87. The van der Waals surface area contributed by atoms with E-state index in [-0.39, 0.29) is 5.76 Å². The molecule has 1 aromatic heterocycles. The third-order valence-electron chi connectivity index (χ3n) is 4.20. The van der Waals surface area contributed by atoms with E-state index in [9.17, 15) is 4.79 Å². The Morgan fingerprint density at radius 1 is 1.24 bits per heavy atom. The molecule has 0 radical (unpaired) electrons. The Hall–Kier alpha value is -3.39. The van der Waals surface area contributed by atoms with E-state index < -0.39 is 5.91 Å². The standard InChI is InChI=1S/C21H19N3O4S/c1-14-3-8-17-19(11-14)29-21(23-17)24(20(25)18-13-27-9-10-28-18)22-12-15-4-6-16(26-2)7-5-15/h3-8,11-13H,9-10H2,1-2H3/b22-12-. The summed E-state index contributed by atoms with van der Waals surface area (Å²) in [4.78, 5) is 17.6. The average Bonchev–Trinajstić information content (AvgIpc) is 3.17. The summed E-state index contributed by atoms with van der Waals surface area (Å²) in [6.07, 6.45) is 2.91. The SMILES string of the molecule is COc1ccc(/C=N\N(C(=O)C2=COCCO2)c2nc3ccc(C)cc3s2)cc1. The van der Waals surface area contributed by atoms with Crippen LogP contribution < -0.4 is 9.75 Å². The van der Waals surface area contributed by atoms with E-state index in [2.05, 4.69) is 10.1 Å². The Balaban J connectivity index is 1.70. The average molecular weight is 409 g/mol.